The summed E-state index contributed by atoms with van der Waals surface area (Å²) >= 11 is 7.57. The predicted molar refractivity (Wildman–Crippen MR) is 79.7 cm³/mol. The molecule has 0 aliphatic rings. The second-order valence-corrected chi connectivity index (χ2v) is 5.70. The molecule has 0 radical (unpaired) electrons. The van der Waals surface area contributed by atoms with E-state index < -0.39 is 0 Å². The Balaban J connectivity index is 2.02. The molecule has 2 aromatic heterocycles. The highest BCUT2D eigenvalue weighted by Gasteiger charge is 2.12. The van der Waals surface area contributed by atoms with Crippen LogP contribution in [0.15, 0.2) is 35.8 Å². The number of hydrogen-bond donors (Lipinski definition) is 0. The first kappa shape index (κ1) is 13.4. The number of rotatable bonds is 5. The summed E-state index contributed by atoms with van der Waals surface area (Å²) in [4.78, 5) is 8.06. The van der Waals surface area contributed by atoms with Gasteiger partial charge < -0.3 is 4.90 Å². The van der Waals surface area contributed by atoms with Gasteiger partial charge in [0.1, 0.15) is 5.82 Å². The molecular formula is C14H17ClN2S. The highest BCUT2D eigenvalue weighted by Crippen LogP contribution is 2.18. The van der Waals surface area contributed by atoms with Crippen LogP contribution in [0.2, 0.25) is 0 Å². The normalized spacial score (nSPS) is 12.4. The van der Waals surface area contributed by atoms with E-state index in [1.807, 2.05) is 18.3 Å². The second-order valence-electron chi connectivity index (χ2n) is 4.40. The first-order valence-corrected chi connectivity index (χ1v) is 7.38. The van der Waals surface area contributed by atoms with Crippen molar-refractivity contribution in [1.29, 1.82) is 0 Å². The minimum absolute atomic E-state index is 0.429. The lowest BCUT2D eigenvalue weighted by Crippen LogP contribution is -2.31. The molecule has 0 aliphatic carbocycles. The number of thiophene rings is 1. The SMILES string of the molecule is CC(Cc1cccs1)N(C)c1ccc(CCl)cn1. The molecule has 2 rings (SSSR count). The van der Waals surface area contributed by atoms with E-state index in [1.54, 1.807) is 11.3 Å². The molecule has 0 saturated carbocycles. The van der Waals surface area contributed by atoms with Gasteiger partial charge in [-0.2, -0.15) is 0 Å². The van der Waals surface area contributed by atoms with Gasteiger partial charge in [-0.1, -0.05) is 12.1 Å². The maximum absolute atomic E-state index is 5.76. The van der Waals surface area contributed by atoms with Gasteiger partial charge in [0, 0.05) is 36.5 Å². The summed E-state index contributed by atoms with van der Waals surface area (Å²) in [5.41, 5.74) is 1.06. The van der Waals surface area contributed by atoms with E-state index >= 15 is 0 Å². The zero-order valence-corrected chi connectivity index (χ0v) is 12.2. The van der Waals surface area contributed by atoms with Crippen molar-refractivity contribution in [3.05, 3.63) is 46.3 Å². The van der Waals surface area contributed by atoms with Crippen LogP contribution in [0.5, 0.6) is 0 Å². The molecule has 0 bridgehead atoms. The summed E-state index contributed by atoms with van der Waals surface area (Å²) in [5.74, 6) is 1.51. The number of likely N-dealkylation sites (N-methyl/N-ethyl adjacent to an activating group) is 1. The summed E-state index contributed by atoms with van der Waals surface area (Å²) in [6.07, 6.45) is 2.89. The second kappa shape index (κ2) is 6.21. The van der Waals surface area contributed by atoms with Crippen molar-refractivity contribution >= 4 is 28.8 Å². The Labute approximate surface area is 117 Å². The van der Waals surface area contributed by atoms with Crippen LogP contribution in [-0.4, -0.2) is 18.1 Å². The molecule has 0 saturated heterocycles. The van der Waals surface area contributed by atoms with Crippen LogP contribution >= 0.6 is 22.9 Å². The van der Waals surface area contributed by atoms with Crippen LogP contribution < -0.4 is 4.90 Å². The van der Waals surface area contributed by atoms with E-state index in [2.05, 4.69) is 41.4 Å². The third-order valence-electron chi connectivity index (χ3n) is 3.06. The summed E-state index contributed by atoms with van der Waals surface area (Å²) < 4.78 is 0. The maximum Gasteiger partial charge on any atom is 0.128 e. The molecule has 0 N–H and O–H groups in total. The molecule has 0 aromatic carbocycles. The number of alkyl halides is 1. The van der Waals surface area contributed by atoms with Gasteiger partial charge in [-0.25, -0.2) is 4.98 Å². The quantitative estimate of drug-likeness (QED) is 0.771. The molecule has 2 heterocycles. The Morgan fingerprint density at radius 3 is 2.78 bits per heavy atom. The Morgan fingerprint density at radius 1 is 1.39 bits per heavy atom. The van der Waals surface area contributed by atoms with Crippen molar-refractivity contribution in [2.24, 2.45) is 0 Å². The fourth-order valence-electron chi connectivity index (χ4n) is 1.79. The number of anilines is 1. The molecule has 1 unspecified atom stereocenters. The topological polar surface area (TPSA) is 16.1 Å². The first-order chi connectivity index (χ1) is 8.70. The average Bonchev–Trinajstić information content (AvgIpc) is 2.91. The van der Waals surface area contributed by atoms with Crippen LogP contribution in [0.25, 0.3) is 0 Å². The van der Waals surface area contributed by atoms with Crippen LogP contribution in [0.4, 0.5) is 5.82 Å². The number of aromatic nitrogens is 1. The van der Waals surface area contributed by atoms with Gasteiger partial charge in [0.25, 0.3) is 0 Å². The maximum atomic E-state index is 5.76. The van der Waals surface area contributed by atoms with Gasteiger partial charge >= 0.3 is 0 Å². The lowest BCUT2D eigenvalue weighted by Gasteiger charge is -2.25. The van der Waals surface area contributed by atoms with Crippen LogP contribution in [0, 0.1) is 0 Å². The largest absolute Gasteiger partial charge is 0.357 e. The van der Waals surface area contributed by atoms with E-state index in [-0.39, 0.29) is 0 Å². The Morgan fingerprint density at radius 2 is 2.22 bits per heavy atom. The molecular weight excluding hydrogens is 264 g/mol. The van der Waals surface area contributed by atoms with Crippen molar-refractivity contribution in [2.45, 2.75) is 25.3 Å². The third kappa shape index (κ3) is 3.24. The van der Waals surface area contributed by atoms with Gasteiger partial charge in [0.2, 0.25) is 0 Å². The van der Waals surface area contributed by atoms with Crippen LogP contribution in [0.3, 0.4) is 0 Å². The predicted octanol–water partition coefficient (Wildman–Crippen LogP) is 3.95. The van der Waals surface area contributed by atoms with Gasteiger partial charge in [-0.15, -0.1) is 22.9 Å². The van der Waals surface area contributed by atoms with Crippen molar-refractivity contribution in [2.75, 3.05) is 11.9 Å². The van der Waals surface area contributed by atoms with E-state index in [4.69, 9.17) is 11.6 Å². The lowest BCUT2D eigenvalue weighted by molar-refractivity contribution is 0.680. The fourth-order valence-corrected chi connectivity index (χ4v) is 2.77. The summed E-state index contributed by atoms with van der Waals surface area (Å²) in [6.45, 7) is 2.22. The molecule has 18 heavy (non-hydrogen) atoms. The van der Waals surface area contributed by atoms with Gasteiger partial charge in [0.15, 0.2) is 0 Å². The molecule has 0 aliphatic heterocycles. The van der Waals surface area contributed by atoms with E-state index in [0.29, 0.717) is 11.9 Å². The Hall–Kier alpha value is -1.06. The minimum Gasteiger partial charge on any atom is -0.357 e. The van der Waals surface area contributed by atoms with E-state index in [9.17, 15) is 0 Å². The Kier molecular flexibility index (Phi) is 4.61. The number of hydrogen-bond acceptors (Lipinski definition) is 3. The van der Waals surface area contributed by atoms with Gasteiger partial charge in [-0.3, -0.25) is 0 Å². The molecule has 96 valence electrons. The molecule has 0 fully saturated rings. The van der Waals surface area contributed by atoms with Crippen LogP contribution in [-0.2, 0) is 12.3 Å². The van der Waals surface area contributed by atoms with Crippen molar-refractivity contribution in [1.82, 2.24) is 4.98 Å². The van der Waals surface area contributed by atoms with Crippen LogP contribution in [0.1, 0.15) is 17.4 Å². The minimum atomic E-state index is 0.429. The average molecular weight is 281 g/mol. The first-order valence-electron chi connectivity index (χ1n) is 5.97. The molecule has 2 nitrogen and oxygen atoms in total. The van der Waals surface area contributed by atoms with Crippen molar-refractivity contribution < 1.29 is 0 Å². The zero-order valence-electron chi connectivity index (χ0n) is 10.6. The molecule has 0 amide bonds. The number of pyridine rings is 1. The third-order valence-corrected chi connectivity index (χ3v) is 4.27. The highest BCUT2D eigenvalue weighted by molar-refractivity contribution is 7.09. The van der Waals surface area contributed by atoms with Crippen molar-refractivity contribution in [3.8, 4) is 0 Å². The lowest BCUT2D eigenvalue weighted by atomic mass is 10.2. The molecule has 0 spiro atoms. The van der Waals surface area contributed by atoms with Gasteiger partial charge in [0.05, 0.1) is 0 Å². The van der Waals surface area contributed by atoms with Gasteiger partial charge in [-0.05, 0) is 30.0 Å². The molecule has 4 heteroatoms. The summed E-state index contributed by atoms with van der Waals surface area (Å²) in [6, 6.07) is 8.77. The van der Waals surface area contributed by atoms with E-state index in [0.717, 1.165) is 17.8 Å². The van der Waals surface area contributed by atoms with E-state index in [1.165, 1.54) is 4.88 Å². The molecule has 2 aromatic rings. The monoisotopic (exact) mass is 280 g/mol. The fraction of sp³-hybridized carbons (Fsp3) is 0.357. The summed E-state index contributed by atoms with van der Waals surface area (Å²) in [5, 5.41) is 2.12. The molecule has 1 atom stereocenters. The Bertz CT molecular complexity index is 467. The van der Waals surface area contributed by atoms with Crippen molar-refractivity contribution in [3.63, 3.8) is 0 Å². The standard InChI is InChI=1S/C14H17ClN2S/c1-11(8-13-4-3-7-18-13)17(2)14-6-5-12(9-15)10-16-14/h3-7,10-11H,8-9H2,1-2H3. The number of nitrogens with zero attached hydrogens (tertiary/aromatic N) is 2. The number of halogens is 1. The zero-order chi connectivity index (χ0) is 13.0. The highest BCUT2D eigenvalue weighted by atomic mass is 35.5. The smallest absolute Gasteiger partial charge is 0.128 e. The summed E-state index contributed by atoms with van der Waals surface area (Å²) in [7, 11) is 2.08.